The number of carbonyl (C=O) groups is 4. The van der Waals surface area contributed by atoms with Crippen LogP contribution in [-0.4, -0.2) is 128 Å². The number of amides is 4. The van der Waals surface area contributed by atoms with E-state index in [0.717, 1.165) is 0 Å². The minimum atomic E-state index is -4.89. The summed E-state index contributed by atoms with van der Waals surface area (Å²) >= 11 is 0. The molecule has 0 spiro atoms. The van der Waals surface area contributed by atoms with Crippen molar-refractivity contribution < 1.29 is 73.9 Å². The number of methoxy groups -OCH3 is 4. The van der Waals surface area contributed by atoms with Gasteiger partial charge < -0.3 is 47.7 Å². The second kappa shape index (κ2) is 23.8. The monoisotopic (exact) mass is 1210 g/mol. The van der Waals surface area contributed by atoms with Gasteiger partial charge in [-0.25, -0.2) is 36.4 Å². The van der Waals surface area contributed by atoms with Gasteiger partial charge in [-0.2, -0.15) is 19.1 Å². The van der Waals surface area contributed by atoms with Crippen molar-refractivity contribution in [2.45, 2.75) is 60.5 Å². The van der Waals surface area contributed by atoms with Gasteiger partial charge in [-0.1, -0.05) is 0 Å². The zero-order valence-electron chi connectivity index (χ0n) is 47.5. The molecule has 4 aliphatic rings. The lowest BCUT2D eigenvalue weighted by molar-refractivity contribution is -0.133. The van der Waals surface area contributed by atoms with Crippen molar-refractivity contribution in [2.75, 3.05) is 76.4 Å². The van der Waals surface area contributed by atoms with E-state index in [-0.39, 0.29) is 131 Å². The number of sulfonamides is 2. The largest absolute Gasteiger partial charge is 0.497 e. The van der Waals surface area contributed by atoms with Crippen LogP contribution in [0.15, 0.2) is 119 Å². The maximum Gasteiger partial charge on any atom is 0.411 e. The van der Waals surface area contributed by atoms with Crippen LogP contribution in [0.25, 0.3) is 0 Å². The number of piperidine rings is 2. The van der Waals surface area contributed by atoms with Crippen LogP contribution in [0.1, 0.15) is 72.9 Å². The molecule has 86 heavy (non-hydrogen) atoms. The Kier molecular flexibility index (Phi) is 16.4. The average molecular weight is 1210 g/mol. The average Bonchev–Trinajstić information content (AvgIpc) is 1.55. The number of hydrogen-bond donors (Lipinski definition) is 0. The van der Waals surface area contributed by atoms with Crippen molar-refractivity contribution in [3.8, 4) is 46.9 Å². The minimum Gasteiger partial charge on any atom is -0.497 e. The number of fused-ring (bicyclic) bond motifs is 2. The fourth-order valence-electron chi connectivity index (χ4n) is 11.7. The maximum atomic E-state index is 15.5. The molecule has 2 aromatic heterocycles. The Labute approximate surface area is 496 Å². The van der Waals surface area contributed by atoms with E-state index < -0.39 is 65.0 Å². The summed E-state index contributed by atoms with van der Waals surface area (Å²) in [6.07, 6.45) is 2.68. The molecule has 0 saturated carbocycles. The van der Waals surface area contributed by atoms with Crippen LogP contribution in [0.3, 0.4) is 0 Å². The maximum absolute atomic E-state index is 15.5. The van der Waals surface area contributed by atoms with Crippen LogP contribution < -0.4 is 37.0 Å². The molecular weight excluding hydrogens is 1150 g/mol. The van der Waals surface area contributed by atoms with Crippen LogP contribution in [0.2, 0.25) is 0 Å². The lowest BCUT2D eigenvalue weighted by Gasteiger charge is -2.41. The van der Waals surface area contributed by atoms with E-state index in [9.17, 15) is 36.9 Å². The Hall–Kier alpha value is -9.66. The predicted octanol–water partition coefficient (Wildman–Crippen LogP) is 7.41. The summed E-state index contributed by atoms with van der Waals surface area (Å²) < 4.78 is 107. The lowest BCUT2D eigenvalue weighted by atomic mass is 9.79. The first-order valence-electron chi connectivity index (χ1n) is 27.3. The summed E-state index contributed by atoms with van der Waals surface area (Å²) in [5, 5.41) is 20.3. The fraction of sp³-hybridized carbons (Fsp3) is 0.333. The third kappa shape index (κ3) is 9.96. The molecule has 446 valence electrons. The van der Waals surface area contributed by atoms with Crippen LogP contribution in [-0.2, 0) is 50.3 Å². The van der Waals surface area contributed by atoms with E-state index in [1.807, 2.05) is 12.1 Å². The number of benzene rings is 4. The van der Waals surface area contributed by atoms with Crippen molar-refractivity contribution >= 4 is 55.4 Å². The molecule has 0 N–H and O–H groups in total. The third-order valence-electron chi connectivity index (χ3n) is 15.8. The van der Waals surface area contributed by atoms with Crippen molar-refractivity contribution in [1.29, 1.82) is 10.5 Å². The Morgan fingerprint density at radius 1 is 0.547 bits per heavy atom. The third-order valence-corrected chi connectivity index (χ3v) is 19.3. The summed E-state index contributed by atoms with van der Waals surface area (Å²) in [6.45, 7) is 4.03. The number of aromatic nitrogens is 2. The number of hydrogen-bond acceptors (Lipinski definition) is 20. The quantitative estimate of drug-likeness (QED) is 0.0858. The molecular formula is C60H58N8O16S2. The Balaban J connectivity index is 0.904. The van der Waals surface area contributed by atoms with Crippen molar-refractivity contribution in [1.82, 2.24) is 19.8 Å². The molecule has 2 unspecified atom stereocenters. The summed E-state index contributed by atoms with van der Waals surface area (Å²) in [5.74, 6) is -2.40. The van der Waals surface area contributed by atoms with Gasteiger partial charge in [0.05, 0.1) is 87.4 Å². The standard InChI is InChI=1S/C60H58N8O16S2/c1-7-81-53-43(11-9-25-63-53)59(45-31-37(35-61)13-17-47(45)67(55(59)69)85(73,74)51-19-15-41(77-3)33-49(51)79-5)83-57(71)65-27-21-39(22-28-65)40-23-29-66(30-24-40)58(72)84-60(44-12-10-26-64-54(44)82-8-2)46-32-38(36-62)14-18-48(46)68(56(60)70)86(75,76)52-20-16-42(78-4)34-50(52)80-6/h9-20,25-26,31-34,39-40H,7-8,21-24,27-30H2,1-6H3. The molecule has 2 saturated heterocycles. The molecule has 4 aliphatic heterocycles. The van der Waals surface area contributed by atoms with Crippen LogP contribution in [0.5, 0.6) is 34.8 Å². The summed E-state index contributed by atoms with van der Waals surface area (Å²) in [6, 6.07) is 25.7. The summed E-state index contributed by atoms with van der Waals surface area (Å²) in [4.78, 5) is 71.5. The number of likely N-dealkylation sites (tertiary alicyclic amines) is 2. The van der Waals surface area contributed by atoms with Gasteiger partial charge in [-0.05, 0) is 136 Å². The topological polar surface area (TPSA) is 297 Å². The number of rotatable bonds is 17. The summed E-state index contributed by atoms with van der Waals surface area (Å²) in [5.41, 5.74) is -5.93. The summed E-state index contributed by atoms with van der Waals surface area (Å²) in [7, 11) is -4.48. The Morgan fingerprint density at radius 2 is 0.930 bits per heavy atom. The predicted molar refractivity (Wildman–Crippen MR) is 305 cm³/mol. The molecule has 10 rings (SSSR count). The normalized spacial score (nSPS) is 18.7. The van der Waals surface area contributed by atoms with Gasteiger partial charge in [-0.15, -0.1) is 0 Å². The zero-order chi connectivity index (χ0) is 61.3. The van der Waals surface area contributed by atoms with Crippen molar-refractivity contribution in [3.63, 3.8) is 0 Å². The van der Waals surface area contributed by atoms with Crippen LogP contribution in [0, 0.1) is 34.5 Å². The first-order valence-corrected chi connectivity index (χ1v) is 30.1. The fourth-order valence-corrected chi connectivity index (χ4v) is 14.9. The molecule has 24 nitrogen and oxygen atoms in total. The number of anilines is 2. The van der Waals surface area contributed by atoms with Gasteiger partial charge in [0.1, 0.15) is 32.8 Å². The van der Waals surface area contributed by atoms with Gasteiger partial charge >= 0.3 is 12.2 Å². The second-order valence-corrected chi connectivity index (χ2v) is 23.7. The molecule has 6 heterocycles. The highest BCUT2D eigenvalue weighted by Gasteiger charge is 2.63. The highest BCUT2D eigenvalue weighted by atomic mass is 32.2. The molecule has 0 bridgehead atoms. The molecule has 6 aromatic rings. The first kappa shape index (κ1) is 59.5. The van der Waals surface area contributed by atoms with Gasteiger partial charge in [0, 0.05) is 61.8 Å². The first-order chi connectivity index (χ1) is 41.4. The van der Waals surface area contributed by atoms with Crippen molar-refractivity contribution in [3.05, 3.63) is 143 Å². The van der Waals surface area contributed by atoms with E-state index in [4.69, 9.17) is 37.9 Å². The van der Waals surface area contributed by atoms with Gasteiger partial charge in [0.25, 0.3) is 43.1 Å². The zero-order valence-corrected chi connectivity index (χ0v) is 49.2. The number of ether oxygens (including phenoxy) is 8. The number of nitriles is 2. The SMILES string of the molecule is CCOc1ncccc1C1(OC(=O)N2CCC(C3CCN(C(=O)OC4(c5cccnc5OCC)C(=O)N(S(=O)(=O)c5ccc(OC)cc5OC)c5ccc(C#N)cc54)CC3)CC2)C(=O)N(S(=O)(=O)c2ccc(OC)cc2OC)c2ccc(C#N)cc21. The van der Waals surface area contributed by atoms with E-state index >= 15 is 9.59 Å². The highest BCUT2D eigenvalue weighted by molar-refractivity contribution is 7.94. The molecule has 0 radical (unpaired) electrons. The highest BCUT2D eigenvalue weighted by Crippen LogP contribution is 2.54. The Bertz CT molecular complexity index is 3750. The molecule has 2 fully saturated rings. The smallest absolute Gasteiger partial charge is 0.411 e. The van der Waals surface area contributed by atoms with E-state index in [1.165, 1.54) is 148 Å². The molecule has 26 heteroatoms. The molecule has 4 amide bonds. The number of nitrogens with zero attached hydrogens (tertiary/aromatic N) is 8. The number of carbonyl (C=O) groups excluding carboxylic acids is 4. The lowest BCUT2D eigenvalue weighted by Crippen LogP contribution is -2.51. The van der Waals surface area contributed by atoms with E-state index in [2.05, 4.69) is 9.97 Å². The van der Waals surface area contributed by atoms with E-state index in [0.29, 0.717) is 34.3 Å². The van der Waals surface area contributed by atoms with Crippen LogP contribution >= 0.6 is 0 Å². The molecule has 0 aliphatic carbocycles. The van der Waals surface area contributed by atoms with Crippen LogP contribution in [0.4, 0.5) is 21.0 Å². The van der Waals surface area contributed by atoms with E-state index in [1.54, 1.807) is 13.8 Å². The second-order valence-electron chi connectivity index (χ2n) is 20.2. The van der Waals surface area contributed by atoms with Crippen molar-refractivity contribution in [2.24, 2.45) is 11.8 Å². The van der Waals surface area contributed by atoms with Gasteiger partial charge in [-0.3, -0.25) is 9.59 Å². The Morgan fingerprint density at radius 3 is 1.27 bits per heavy atom. The minimum absolute atomic E-state index is 0.0121. The molecule has 2 atom stereocenters. The van der Waals surface area contributed by atoms with Gasteiger partial charge in [0.2, 0.25) is 11.8 Å². The molecule has 4 aromatic carbocycles. The number of pyridine rings is 2. The van der Waals surface area contributed by atoms with Gasteiger partial charge in [0.15, 0.2) is 0 Å².